The lowest BCUT2D eigenvalue weighted by molar-refractivity contribution is 0.716. The third kappa shape index (κ3) is 3.07. The molecule has 0 saturated heterocycles. The fourth-order valence-corrected chi connectivity index (χ4v) is 1.95. The van der Waals surface area contributed by atoms with Gasteiger partial charge < -0.3 is 0 Å². The van der Waals surface area contributed by atoms with E-state index >= 15 is 0 Å². The molecule has 0 spiro atoms. The molecule has 1 heteroatoms. The zero-order valence-corrected chi connectivity index (χ0v) is 10.6. The van der Waals surface area contributed by atoms with Gasteiger partial charge in [-0.25, -0.2) is 4.39 Å². The monoisotopic (exact) mass is 240 g/mol. The fourth-order valence-electron chi connectivity index (χ4n) is 1.95. The van der Waals surface area contributed by atoms with Crippen molar-refractivity contribution in [2.45, 2.75) is 19.8 Å². The van der Waals surface area contributed by atoms with E-state index in [1.165, 1.54) is 22.8 Å². The molecule has 18 heavy (non-hydrogen) atoms. The maximum atomic E-state index is 11.9. The molecule has 2 rings (SSSR count). The van der Waals surface area contributed by atoms with Crippen molar-refractivity contribution < 1.29 is 4.39 Å². The Morgan fingerprint density at radius 1 is 0.833 bits per heavy atom. The Morgan fingerprint density at radius 3 is 1.78 bits per heavy atom. The molecule has 0 fully saturated rings. The Labute approximate surface area is 108 Å². The van der Waals surface area contributed by atoms with E-state index in [1.54, 1.807) is 0 Å². The first-order valence-corrected chi connectivity index (χ1v) is 6.27. The minimum Gasteiger partial charge on any atom is -0.216 e. The van der Waals surface area contributed by atoms with Crippen molar-refractivity contribution in [3.63, 3.8) is 0 Å². The van der Waals surface area contributed by atoms with Crippen molar-refractivity contribution in [3.05, 3.63) is 72.1 Å². The van der Waals surface area contributed by atoms with Crippen molar-refractivity contribution in [3.8, 4) is 11.1 Å². The minimum atomic E-state index is 0.595. The van der Waals surface area contributed by atoms with Gasteiger partial charge in [0.15, 0.2) is 0 Å². The van der Waals surface area contributed by atoms with E-state index in [4.69, 9.17) is 0 Å². The molecule has 92 valence electrons. The first-order valence-electron chi connectivity index (χ1n) is 6.27. The van der Waals surface area contributed by atoms with Crippen molar-refractivity contribution in [1.29, 1.82) is 0 Å². The molecule has 2 aromatic carbocycles. The van der Waals surface area contributed by atoms with Crippen LogP contribution in [0.15, 0.2) is 60.9 Å². The van der Waals surface area contributed by atoms with E-state index in [0.29, 0.717) is 12.8 Å². The van der Waals surface area contributed by atoms with Crippen LogP contribution in [0.2, 0.25) is 0 Å². The quantitative estimate of drug-likeness (QED) is 0.710. The van der Waals surface area contributed by atoms with Crippen LogP contribution < -0.4 is 0 Å². The summed E-state index contributed by atoms with van der Waals surface area (Å²) in [4.78, 5) is 0. The molecule has 0 aliphatic carbocycles. The predicted octanol–water partition coefficient (Wildman–Crippen LogP) is 4.94. The van der Waals surface area contributed by atoms with Gasteiger partial charge in [-0.05, 0) is 35.1 Å². The van der Waals surface area contributed by atoms with Crippen LogP contribution in [-0.2, 0) is 12.8 Å². The summed E-state index contributed by atoms with van der Waals surface area (Å²) >= 11 is 0. The highest BCUT2D eigenvalue weighted by atomic mass is 19.1. The Morgan fingerprint density at radius 2 is 1.33 bits per heavy atom. The van der Waals surface area contributed by atoms with E-state index in [2.05, 4.69) is 43.3 Å². The average Bonchev–Trinajstić information content (AvgIpc) is 2.46. The topological polar surface area (TPSA) is 0 Å². The van der Waals surface area contributed by atoms with Crippen LogP contribution in [0, 0.1) is 0 Å². The van der Waals surface area contributed by atoms with Gasteiger partial charge in [0.1, 0.15) is 0 Å². The molecule has 0 radical (unpaired) electrons. The molecule has 0 saturated carbocycles. The van der Waals surface area contributed by atoms with Crippen LogP contribution in [0.1, 0.15) is 18.1 Å². The van der Waals surface area contributed by atoms with E-state index in [-0.39, 0.29) is 0 Å². The first kappa shape index (κ1) is 12.6. The number of aryl methyl sites for hydroxylation is 1. The van der Waals surface area contributed by atoms with Crippen LogP contribution in [0.4, 0.5) is 4.39 Å². The summed E-state index contributed by atoms with van der Waals surface area (Å²) in [5.74, 6) is 0. The van der Waals surface area contributed by atoms with Crippen LogP contribution in [-0.4, -0.2) is 0 Å². The van der Waals surface area contributed by atoms with Gasteiger partial charge in [0.05, 0.1) is 6.33 Å². The lowest BCUT2D eigenvalue weighted by atomic mass is 10.0. The number of allylic oxidation sites excluding steroid dienone is 1. The first-order chi connectivity index (χ1) is 8.83. The summed E-state index contributed by atoms with van der Waals surface area (Å²) in [5.41, 5.74) is 4.90. The van der Waals surface area contributed by atoms with Gasteiger partial charge in [-0.15, -0.1) is 0 Å². The highest BCUT2D eigenvalue weighted by Gasteiger charge is 1.98. The summed E-state index contributed by atoms with van der Waals surface area (Å²) in [6.45, 7) is 2.15. The van der Waals surface area contributed by atoms with E-state index < -0.39 is 0 Å². The van der Waals surface area contributed by atoms with Crippen LogP contribution in [0.3, 0.4) is 0 Å². The number of hydrogen-bond acceptors (Lipinski definition) is 0. The standard InChI is InChI=1S/C17H17F/c1-2-14-5-9-16(10-6-14)17-11-7-15(8-12-17)4-3-13-18/h3,5-13H,2,4H2,1H3. The third-order valence-corrected chi connectivity index (χ3v) is 3.09. The average molecular weight is 240 g/mol. The van der Waals surface area contributed by atoms with Crippen molar-refractivity contribution in [1.82, 2.24) is 0 Å². The summed E-state index contributed by atoms with van der Waals surface area (Å²) in [6.07, 6.45) is 3.82. The molecule has 2 aromatic rings. The normalized spacial score (nSPS) is 11.0. The van der Waals surface area contributed by atoms with E-state index in [9.17, 15) is 4.39 Å². The van der Waals surface area contributed by atoms with Gasteiger partial charge in [0, 0.05) is 0 Å². The number of halogens is 1. The molecule has 0 atom stereocenters. The van der Waals surface area contributed by atoms with Gasteiger partial charge in [0.25, 0.3) is 0 Å². The number of benzene rings is 2. The van der Waals surface area contributed by atoms with Gasteiger partial charge in [0.2, 0.25) is 0 Å². The lowest BCUT2D eigenvalue weighted by Crippen LogP contribution is -1.84. The van der Waals surface area contributed by atoms with Gasteiger partial charge in [-0.2, -0.15) is 0 Å². The minimum absolute atomic E-state index is 0.595. The van der Waals surface area contributed by atoms with Crippen molar-refractivity contribution in [2.75, 3.05) is 0 Å². The SMILES string of the molecule is CCc1ccc(-c2ccc(CC=CF)cc2)cc1. The zero-order valence-electron chi connectivity index (χ0n) is 10.6. The highest BCUT2D eigenvalue weighted by Crippen LogP contribution is 2.20. The second-order valence-electron chi connectivity index (χ2n) is 4.31. The fraction of sp³-hybridized carbons (Fsp3) is 0.176. The van der Waals surface area contributed by atoms with Gasteiger partial charge in [-0.1, -0.05) is 61.5 Å². The van der Waals surface area contributed by atoms with Gasteiger partial charge in [-0.3, -0.25) is 0 Å². The Balaban J connectivity index is 2.17. The molecule has 0 N–H and O–H groups in total. The number of hydrogen-bond donors (Lipinski definition) is 0. The Kier molecular flexibility index (Phi) is 4.30. The lowest BCUT2D eigenvalue weighted by Gasteiger charge is -2.04. The molecular formula is C17H17F. The molecule has 0 aromatic heterocycles. The number of rotatable bonds is 4. The van der Waals surface area contributed by atoms with Crippen LogP contribution >= 0.6 is 0 Å². The molecule has 0 aliphatic heterocycles. The largest absolute Gasteiger partial charge is 0.216 e. The summed E-state index contributed by atoms with van der Waals surface area (Å²) in [5, 5.41) is 0. The van der Waals surface area contributed by atoms with Crippen molar-refractivity contribution in [2.24, 2.45) is 0 Å². The Hall–Kier alpha value is -1.89. The second kappa shape index (κ2) is 6.15. The summed E-state index contributed by atoms with van der Waals surface area (Å²) in [7, 11) is 0. The smallest absolute Gasteiger partial charge is 0.0830 e. The summed E-state index contributed by atoms with van der Waals surface area (Å²) < 4.78 is 11.9. The third-order valence-electron chi connectivity index (χ3n) is 3.09. The maximum Gasteiger partial charge on any atom is 0.0830 e. The molecule has 0 unspecified atom stereocenters. The highest BCUT2D eigenvalue weighted by molar-refractivity contribution is 5.64. The zero-order chi connectivity index (χ0) is 12.8. The van der Waals surface area contributed by atoms with Crippen LogP contribution in [0.25, 0.3) is 11.1 Å². The molecule has 0 nitrogen and oxygen atoms in total. The predicted molar refractivity (Wildman–Crippen MR) is 75.2 cm³/mol. The van der Waals surface area contributed by atoms with Crippen LogP contribution in [0.5, 0.6) is 0 Å². The van der Waals surface area contributed by atoms with E-state index in [0.717, 1.165) is 12.0 Å². The summed E-state index contributed by atoms with van der Waals surface area (Å²) in [6, 6.07) is 16.9. The molecule has 0 aliphatic rings. The maximum absolute atomic E-state index is 11.9. The van der Waals surface area contributed by atoms with Crippen molar-refractivity contribution >= 4 is 0 Å². The Bertz CT molecular complexity index is 506. The van der Waals surface area contributed by atoms with E-state index in [1.807, 2.05) is 12.1 Å². The molecular weight excluding hydrogens is 223 g/mol. The molecule has 0 amide bonds. The van der Waals surface area contributed by atoms with Gasteiger partial charge >= 0.3 is 0 Å². The molecule has 0 bridgehead atoms. The molecule has 0 heterocycles. The second-order valence-corrected chi connectivity index (χ2v) is 4.31.